The van der Waals surface area contributed by atoms with Crippen LogP contribution in [0.15, 0.2) is 53.4 Å². The lowest BCUT2D eigenvalue weighted by molar-refractivity contribution is -0.121. The maximum Gasteiger partial charge on any atom is 0.240 e. The highest BCUT2D eigenvalue weighted by atomic mass is 32.2. The number of ether oxygens (including phenoxy) is 2. The van der Waals surface area contributed by atoms with Crippen LogP contribution in [0.5, 0.6) is 11.5 Å². The Labute approximate surface area is 185 Å². The summed E-state index contributed by atoms with van der Waals surface area (Å²) in [5, 5.41) is 2.90. The van der Waals surface area contributed by atoms with Gasteiger partial charge in [-0.2, -0.15) is 0 Å². The van der Waals surface area contributed by atoms with E-state index in [1.54, 1.807) is 18.2 Å². The average molecular weight is 449 g/mol. The van der Waals surface area contributed by atoms with E-state index in [-0.39, 0.29) is 29.8 Å². The summed E-state index contributed by atoms with van der Waals surface area (Å²) in [6.45, 7) is 7.15. The van der Waals surface area contributed by atoms with E-state index in [9.17, 15) is 13.2 Å². The zero-order valence-electron chi connectivity index (χ0n) is 18.4. The molecule has 0 aromatic heterocycles. The van der Waals surface area contributed by atoms with Crippen LogP contribution < -0.4 is 19.5 Å². The fraction of sp³-hybridized carbons (Fsp3) is 0.435. The number of carbonyl (C=O) groups excluding carboxylic acids is 1. The second kappa shape index (κ2) is 12.3. The Hall–Kier alpha value is -2.58. The Morgan fingerprint density at radius 1 is 0.968 bits per heavy atom. The Bertz CT molecular complexity index is 932. The Balaban J connectivity index is 1.92. The van der Waals surface area contributed by atoms with E-state index in [1.165, 1.54) is 12.1 Å². The molecule has 2 N–H and O–H groups in total. The number of hydrogen-bond acceptors (Lipinski definition) is 5. The van der Waals surface area contributed by atoms with E-state index in [2.05, 4.69) is 10.0 Å². The van der Waals surface area contributed by atoms with Gasteiger partial charge in [0.05, 0.1) is 24.2 Å². The SMILES string of the molecule is CCCOc1ccc(C(C)NC(=O)CCNS(=O)(=O)c2ccccc2)cc1OCCC. The van der Waals surface area contributed by atoms with Crippen LogP contribution >= 0.6 is 0 Å². The molecule has 31 heavy (non-hydrogen) atoms. The third-order valence-electron chi connectivity index (χ3n) is 4.47. The van der Waals surface area contributed by atoms with Crippen molar-refractivity contribution in [3.05, 3.63) is 54.1 Å². The van der Waals surface area contributed by atoms with Crippen molar-refractivity contribution in [2.24, 2.45) is 0 Å². The third kappa shape index (κ3) is 7.88. The van der Waals surface area contributed by atoms with Crippen LogP contribution in [0.1, 0.15) is 51.6 Å². The number of rotatable bonds is 13. The normalized spacial score (nSPS) is 12.2. The van der Waals surface area contributed by atoms with Crippen LogP contribution in [0.25, 0.3) is 0 Å². The average Bonchev–Trinajstić information content (AvgIpc) is 2.76. The molecule has 7 nitrogen and oxygen atoms in total. The number of hydrogen-bond donors (Lipinski definition) is 2. The van der Waals surface area contributed by atoms with E-state index < -0.39 is 10.0 Å². The van der Waals surface area contributed by atoms with Crippen molar-refractivity contribution in [3.8, 4) is 11.5 Å². The molecule has 0 saturated carbocycles. The molecule has 0 aliphatic heterocycles. The largest absolute Gasteiger partial charge is 0.490 e. The summed E-state index contributed by atoms with van der Waals surface area (Å²) in [6, 6.07) is 13.4. The van der Waals surface area contributed by atoms with Gasteiger partial charge < -0.3 is 14.8 Å². The summed E-state index contributed by atoms with van der Waals surface area (Å²) in [6.07, 6.45) is 1.81. The molecule has 0 spiro atoms. The number of carbonyl (C=O) groups is 1. The molecule has 8 heteroatoms. The van der Waals surface area contributed by atoms with E-state index in [0.717, 1.165) is 18.4 Å². The lowest BCUT2D eigenvalue weighted by Gasteiger charge is -2.18. The van der Waals surface area contributed by atoms with Crippen LogP contribution in [0.3, 0.4) is 0 Å². The van der Waals surface area contributed by atoms with Gasteiger partial charge in [0, 0.05) is 13.0 Å². The Kier molecular flexibility index (Phi) is 9.81. The maximum absolute atomic E-state index is 12.3. The topological polar surface area (TPSA) is 93.7 Å². The molecule has 0 heterocycles. The summed E-state index contributed by atoms with van der Waals surface area (Å²) in [7, 11) is -3.62. The molecule has 0 fully saturated rings. The molecule has 2 aromatic carbocycles. The number of sulfonamides is 1. The summed E-state index contributed by atoms with van der Waals surface area (Å²) in [5.41, 5.74) is 0.883. The van der Waals surface area contributed by atoms with E-state index in [0.29, 0.717) is 24.7 Å². The molecule has 1 amide bonds. The fourth-order valence-corrected chi connectivity index (χ4v) is 3.88. The molecule has 0 bridgehead atoms. The molecule has 2 rings (SSSR count). The molecule has 0 radical (unpaired) electrons. The molecule has 170 valence electrons. The molecule has 1 unspecified atom stereocenters. The lowest BCUT2D eigenvalue weighted by atomic mass is 10.1. The first kappa shape index (κ1) is 24.7. The first-order chi connectivity index (χ1) is 14.9. The molecular formula is C23H32N2O5S. The zero-order chi connectivity index (χ0) is 22.7. The first-order valence-electron chi connectivity index (χ1n) is 10.6. The molecule has 0 aliphatic carbocycles. The van der Waals surface area contributed by atoms with Crippen molar-refractivity contribution in [2.75, 3.05) is 19.8 Å². The second-order valence-corrected chi connectivity index (χ2v) is 8.92. The van der Waals surface area contributed by atoms with Crippen LogP contribution in [0.2, 0.25) is 0 Å². The quantitative estimate of drug-likeness (QED) is 0.486. The van der Waals surface area contributed by atoms with Gasteiger partial charge in [-0.25, -0.2) is 13.1 Å². The van der Waals surface area contributed by atoms with Crippen molar-refractivity contribution >= 4 is 15.9 Å². The van der Waals surface area contributed by atoms with Crippen molar-refractivity contribution in [2.45, 2.75) is 51.0 Å². The minimum absolute atomic E-state index is 0.0183. The first-order valence-corrected chi connectivity index (χ1v) is 12.1. The predicted molar refractivity (Wildman–Crippen MR) is 121 cm³/mol. The van der Waals surface area contributed by atoms with Gasteiger partial charge >= 0.3 is 0 Å². The summed E-state index contributed by atoms with van der Waals surface area (Å²) in [5.74, 6) is 1.10. The predicted octanol–water partition coefficient (Wildman–Crippen LogP) is 3.81. The molecule has 0 aliphatic rings. The van der Waals surface area contributed by atoms with Gasteiger partial charge in [0.1, 0.15) is 0 Å². The van der Waals surface area contributed by atoms with Crippen LogP contribution in [0, 0.1) is 0 Å². The van der Waals surface area contributed by atoms with Gasteiger partial charge in [0.2, 0.25) is 15.9 Å². The van der Waals surface area contributed by atoms with Crippen LogP contribution in [-0.4, -0.2) is 34.1 Å². The van der Waals surface area contributed by atoms with Gasteiger partial charge in [-0.1, -0.05) is 38.1 Å². The van der Waals surface area contributed by atoms with Gasteiger partial charge in [-0.05, 0) is 49.6 Å². The van der Waals surface area contributed by atoms with Crippen molar-refractivity contribution < 1.29 is 22.7 Å². The molecule has 0 saturated heterocycles. The van der Waals surface area contributed by atoms with Crippen LogP contribution in [0.4, 0.5) is 0 Å². The van der Waals surface area contributed by atoms with Crippen molar-refractivity contribution in [1.29, 1.82) is 0 Å². The maximum atomic E-state index is 12.3. The number of benzene rings is 2. The highest BCUT2D eigenvalue weighted by Crippen LogP contribution is 2.31. The van der Waals surface area contributed by atoms with E-state index in [4.69, 9.17) is 9.47 Å². The minimum Gasteiger partial charge on any atom is -0.490 e. The fourth-order valence-electron chi connectivity index (χ4n) is 2.83. The summed E-state index contributed by atoms with van der Waals surface area (Å²) >= 11 is 0. The summed E-state index contributed by atoms with van der Waals surface area (Å²) in [4.78, 5) is 12.5. The summed E-state index contributed by atoms with van der Waals surface area (Å²) < 4.78 is 38.4. The van der Waals surface area contributed by atoms with E-state index >= 15 is 0 Å². The standard InChI is InChI=1S/C23H32N2O5S/c1-4-15-29-21-12-11-19(17-22(21)30-16-5-2)18(3)25-23(26)13-14-24-31(27,28)20-9-7-6-8-10-20/h6-12,17-18,24H,4-5,13-16H2,1-3H3,(H,25,26). The molecular weight excluding hydrogens is 416 g/mol. The minimum atomic E-state index is -3.62. The highest BCUT2D eigenvalue weighted by Gasteiger charge is 2.16. The van der Waals surface area contributed by atoms with Crippen LogP contribution in [-0.2, 0) is 14.8 Å². The van der Waals surface area contributed by atoms with Gasteiger partial charge in [-0.15, -0.1) is 0 Å². The van der Waals surface area contributed by atoms with Crippen molar-refractivity contribution in [1.82, 2.24) is 10.0 Å². The Morgan fingerprint density at radius 2 is 1.61 bits per heavy atom. The van der Waals surface area contributed by atoms with Gasteiger partial charge in [0.15, 0.2) is 11.5 Å². The van der Waals surface area contributed by atoms with Gasteiger partial charge in [-0.3, -0.25) is 4.79 Å². The highest BCUT2D eigenvalue weighted by molar-refractivity contribution is 7.89. The molecule has 1 atom stereocenters. The monoisotopic (exact) mass is 448 g/mol. The lowest BCUT2D eigenvalue weighted by Crippen LogP contribution is -2.32. The number of amides is 1. The smallest absolute Gasteiger partial charge is 0.240 e. The van der Waals surface area contributed by atoms with Gasteiger partial charge in [0.25, 0.3) is 0 Å². The third-order valence-corrected chi connectivity index (χ3v) is 5.94. The van der Waals surface area contributed by atoms with Crippen molar-refractivity contribution in [3.63, 3.8) is 0 Å². The molecule has 2 aromatic rings. The van der Waals surface area contributed by atoms with E-state index in [1.807, 2.05) is 39.0 Å². The second-order valence-electron chi connectivity index (χ2n) is 7.15. The number of nitrogens with one attached hydrogen (secondary N) is 2. The zero-order valence-corrected chi connectivity index (χ0v) is 19.2. The Morgan fingerprint density at radius 3 is 2.26 bits per heavy atom.